The molecule has 0 unspecified atom stereocenters. The molecule has 9 rings (SSSR count). The number of ketones is 4. The van der Waals surface area contributed by atoms with Crippen molar-refractivity contribution in [2.45, 2.75) is 0 Å². The van der Waals surface area contributed by atoms with E-state index in [1.807, 2.05) is 92.0 Å². The second-order valence-corrected chi connectivity index (χ2v) is 13.4. The van der Waals surface area contributed by atoms with Gasteiger partial charge in [-0.25, -0.2) is 0 Å². The summed E-state index contributed by atoms with van der Waals surface area (Å²) in [4.78, 5) is 54.9. The van der Waals surface area contributed by atoms with Crippen LogP contribution in [0.15, 0.2) is 96.1 Å². The highest BCUT2D eigenvalue weighted by atomic mass is 32.1. The van der Waals surface area contributed by atoms with E-state index in [1.165, 1.54) is 22.7 Å². The summed E-state index contributed by atoms with van der Waals surface area (Å²) in [6, 6.07) is 26.7. The Labute approximate surface area is 258 Å². The quantitative estimate of drug-likeness (QED) is 0.146. The van der Waals surface area contributed by atoms with Crippen LogP contribution < -0.4 is 0 Å². The first-order chi connectivity index (χ1) is 21.4. The Kier molecular flexibility index (Phi) is 5.11. The topological polar surface area (TPSA) is 73.2 Å². The molecule has 0 aliphatic heterocycles. The fourth-order valence-electron chi connectivity index (χ4n) is 6.46. The van der Waals surface area contributed by atoms with Crippen LogP contribution in [0.4, 0.5) is 0 Å². The summed E-state index contributed by atoms with van der Waals surface area (Å²) in [6.45, 7) is 0. The molecule has 0 saturated carbocycles. The van der Waals surface area contributed by atoms with E-state index in [0.717, 1.165) is 51.7 Å². The lowest BCUT2D eigenvalue weighted by molar-refractivity contribution is 0.0975. The Balaban J connectivity index is 1.09. The van der Waals surface area contributed by atoms with Crippen molar-refractivity contribution in [3.05, 3.63) is 128 Å². The van der Waals surface area contributed by atoms with Crippen molar-refractivity contribution in [3.8, 4) is 0 Å². The molecule has 44 heavy (non-hydrogen) atoms. The molecule has 0 N–H and O–H groups in total. The van der Waals surface area contributed by atoms with Crippen molar-refractivity contribution in [1.82, 2.24) is 4.57 Å². The number of aryl methyl sites for hydroxylation is 1. The Morgan fingerprint density at radius 1 is 0.500 bits per heavy atom. The molecule has 7 aromatic rings. The van der Waals surface area contributed by atoms with Gasteiger partial charge in [0.1, 0.15) is 0 Å². The van der Waals surface area contributed by atoms with Crippen LogP contribution in [0.25, 0.3) is 54.1 Å². The van der Waals surface area contributed by atoms with Gasteiger partial charge >= 0.3 is 0 Å². The predicted molar refractivity (Wildman–Crippen MR) is 177 cm³/mol. The van der Waals surface area contributed by atoms with Crippen LogP contribution in [0.5, 0.6) is 0 Å². The smallest absolute Gasteiger partial charge is 0.197 e. The number of allylic oxidation sites excluding steroid dienone is 2. The van der Waals surface area contributed by atoms with Gasteiger partial charge in [0, 0.05) is 39.1 Å². The minimum atomic E-state index is -0.247. The van der Waals surface area contributed by atoms with Crippen LogP contribution in [0.1, 0.15) is 51.2 Å². The number of nitrogens with zero attached hydrogens (tertiary/aromatic N) is 1. The van der Waals surface area contributed by atoms with Crippen LogP contribution in [0, 0.1) is 0 Å². The zero-order valence-corrected chi connectivity index (χ0v) is 24.8. The molecule has 5 nitrogen and oxygen atoms in total. The number of Topliss-reactive ketones (excluding diaryl/α,β-unsaturated/α-hetero) is 4. The van der Waals surface area contributed by atoms with Crippen LogP contribution in [-0.2, 0) is 7.05 Å². The van der Waals surface area contributed by atoms with Crippen molar-refractivity contribution in [1.29, 1.82) is 0 Å². The van der Waals surface area contributed by atoms with Crippen LogP contribution in [0.2, 0.25) is 0 Å². The van der Waals surface area contributed by atoms with Gasteiger partial charge in [-0.2, -0.15) is 0 Å². The van der Waals surface area contributed by atoms with Crippen molar-refractivity contribution < 1.29 is 19.2 Å². The predicted octanol–water partition coefficient (Wildman–Crippen LogP) is 8.69. The summed E-state index contributed by atoms with van der Waals surface area (Å²) in [7, 11) is 1.97. The van der Waals surface area contributed by atoms with Gasteiger partial charge in [0.15, 0.2) is 23.1 Å². The largest absolute Gasteiger partial charge is 0.342 e. The summed E-state index contributed by atoms with van der Waals surface area (Å²) in [5, 5.41) is 3.72. The highest BCUT2D eigenvalue weighted by Gasteiger charge is 2.35. The lowest BCUT2D eigenvalue weighted by Gasteiger charge is -2.00. The number of hydrogen-bond acceptors (Lipinski definition) is 6. The summed E-state index contributed by atoms with van der Waals surface area (Å²) < 4.78 is 4.13. The Bertz CT molecular complexity index is 2300. The molecule has 0 atom stereocenters. The summed E-state index contributed by atoms with van der Waals surface area (Å²) in [5.41, 5.74) is 4.15. The molecule has 0 radical (unpaired) electrons. The highest BCUT2D eigenvalue weighted by molar-refractivity contribution is 7.28. The molecular weight excluding hydrogens is 587 g/mol. The Hall–Kier alpha value is -5.24. The Morgan fingerprint density at radius 2 is 0.818 bits per heavy atom. The molecule has 2 aliphatic carbocycles. The third-order valence-electron chi connectivity index (χ3n) is 8.69. The summed E-state index contributed by atoms with van der Waals surface area (Å²) in [5.74, 6) is -0.988. The monoisotopic (exact) mass is 605 g/mol. The Morgan fingerprint density at radius 3 is 1.14 bits per heavy atom. The molecular formula is C37H19NO4S2. The van der Waals surface area contributed by atoms with E-state index in [0.29, 0.717) is 22.3 Å². The maximum absolute atomic E-state index is 13.3. The van der Waals surface area contributed by atoms with Gasteiger partial charge in [0.05, 0.1) is 31.6 Å². The number of benzene rings is 4. The lowest BCUT2D eigenvalue weighted by Crippen LogP contribution is -1.99. The summed E-state index contributed by atoms with van der Waals surface area (Å²) >= 11 is 3.05. The molecule has 4 aromatic carbocycles. The molecule has 208 valence electrons. The first kappa shape index (κ1) is 25.3. The van der Waals surface area contributed by atoms with Gasteiger partial charge in [-0.3, -0.25) is 19.2 Å². The van der Waals surface area contributed by atoms with Crippen LogP contribution in [-0.4, -0.2) is 27.7 Å². The van der Waals surface area contributed by atoms with Crippen LogP contribution in [0.3, 0.4) is 0 Å². The number of hydrogen-bond donors (Lipinski definition) is 0. The second-order valence-electron chi connectivity index (χ2n) is 11.2. The van der Waals surface area contributed by atoms with Crippen molar-refractivity contribution in [3.63, 3.8) is 0 Å². The molecule has 2 aliphatic rings. The fraction of sp³-hybridized carbons (Fsp3) is 0.0270. The number of fused-ring (bicyclic) bond motifs is 7. The van der Waals surface area contributed by atoms with Crippen molar-refractivity contribution in [2.75, 3.05) is 0 Å². The van der Waals surface area contributed by atoms with Gasteiger partial charge < -0.3 is 4.57 Å². The zero-order chi connectivity index (χ0) is 29.9. The van der Waals surface area contributed by atoms with Gasteiger partial charge in [-0.15, -0.1) is 22.7 Å². The number of carbonyl (C=O) groups is 4. The fourth-order valence-corrected chi connectivity index (χ4v) is 8.87. The molecule has 7 heteroatoms. The van der Waals surface area contributed by atoms with Gasteiger partial charge in [-0.1, -0.05) is 48.5 Å². The van der Waals surface area contributed by atoms with E-state index in [9.17, 15) is 19.2 Å². The minimum absolute atomic E-state index is 0.181. The second kappa shape index (κ2) is 8.89. The van der Waals surface area contributed by atoms with Gasteiger partial charge in [0.2, 0.25) is 0 Å². The molecule has 0 bridgehead atoms. The normalized spacial score (nSPS) is 14.6. The number of carbonyl (C=O) groups excluding carboxylic acids is 4. The first-order valence-corrected chi connectivity index (χ1v) is 15.7. The van der Waals surface area contributed by atoms with E-state index >= 15 is 0 Å². The van der Waals surface area contributed by atoms with Crippen molar-refractivity contribution >= 4 is 99.9 Å². The molecule has 0 saturated heterocycles. The maximum Gasteiger partial charge on any atom is 0.197 e. The number of aromatic nitrogens is 1. The van der Waals surface area contributed by atoms with Gasteiger partial charge in [0.25, 0.3) is 0 Å². The van der Waals surface area contributed by atoms with Gasteiger partial charge in [-0.05, 0) is 70.1 Å². The molecule has 0 fully saturated rings. The van der Waals surface area contributed by atoms with E-state index < -0.39 is 0 Å². The average Bonchev–Trinajstić information content (AvgIpc) is 3.80. The highest BCUT2D eigenvalue weighted by Crippen LogP contribution is 2.42. The third-order valence-corrected chi connectivity index (χ3v) is 11.0. The van der Waals surface area contributed by atoms with Crippen LogP contribution >= 0.6 is 22.7 Å². The average molecular weight is 606 g/mol. The van der Waals surface area contributed by atoms with E-state index in [4.69, 9.17) is 0 Å². The summed E-state index contributed by atoms with van der Waals surface area (Å²) in [6.07, 6.45) is 3.42. The van der Waals surface area contributed by atoms with Crippen molar-refractivity contribution in [2.24, 2.45) is 7.05 Å². The molecule has 3 aromatic heterocycles. The molecule has 3 heterocycles. The molecule has 0 amide bonds. The molecule has 0 spiro atoms. The lowest BCUT2D eigenvalue weighted by atomic mass is 10.0. The third kappa shape index (κ3) is 3.45. The van der Waals surface area contributed by atoms with E-state index in [2.05, 4.69) is 4.57 Å². The zero-order valence-electron chi connectivity index (χ0n) is 23.1. The minimum Gasteiger partial charge on any atom is -0.342 e. The first-order valence-electron chi connectivity index (χ1n) is 14.1. The number of rotatable bonds is 2. The standard InChI is InChI=1S/C37H19NO4S2/c1-38-30-16-22(14-28-32(39)24-10-18-6-2-3-7-19(18)11-25(24)33(28)40)43-36(30)37-31(38)17-23(44-37)15-29-34(41)26-12-20-8-4-5-9-21(20)13-27(26)35(29)42/h2-17H,1H3. The maximum atomic E-state index is 13.3. The number of thiophene rings is 2. The van der Waals surface area contributed by atoms with E-state index in [-0.39, 0.29) is 34.3 Å². The SMILES string of the molecule is Cn1c2cc(C=C3C(=O)c4cc5ccccc5cc4C3=O)sc2c2sc(C=C3C(=O)c4cc5ccccc5cc4C3=O)cc21. The van der Waals surface area contributed by atoms with E-state index in [1.54, 1.807) is 12.2 Å².